The lowest BCUT2D eigenvalue weighted by atomic mass is 9.66. The molecule has 2 aromatic carbocycles. The van der Waals surface area contributed by atoms with Crippen molar-refractivity contribution in [2.24, 2.45) is 17.3 Å². The molecule has 6 atom stereocenters. The Morgan fingerprint density at radius 1 is 0.979 bits per heavy atom. The minimum Gasteiger partial charge on any atom is -0.394 e. The van der Waals surface area contributed by atoms with Gasteiger partial charge in [-0.2, -0.15) is 0 Å². The van der Waals surface area contributed by atoms with Crippen molar-refractivity contribution in [3.8, 4) is 0 Å². The topological polar surface area (TPSA) is 81.2 Å². The van der Waals surface area contributed by atoms with Crippen LogP contribution in [0.15, 0.2) is 86.0 Å². The molecule has 3 aliphatic rings. The highest BCUT2D eigenvalue weighted by Crippen LogP contribution is 2.72. The highest BCUT2D eigenvalue weighted by Gasteiger charge is 2.78. The van der Waals surface area contributed by atoms with Crippen LogP contribution in [0.5, 0.6) is 0 Å². The van der Waals surface area contributed by atoms with Crippen LogP contribution in [0.2, 0.25) is 0 Å². The Kier molecular flexibility index (Phi) is 9.61. The lowest BCUT2D eigenvalue weighted by molar-refractivity contribution is -0.149. The molecular formula is C39H51N3O4S. The second kappa shape index (κ2) is 12.9. The molecule has 0 radical (unpaired) electrons. The van der Waals surface area contributed by atoms with Crippen LogP contribution in [0.3, 0.4) is 0 Å². The summed E-state index contributed by atoms with van der Waals surface area (Å²) in [7, 11) is 0. The standard InChI is InChI=1S/C39H51N3O4S/c1-9-23-40(28-19-15-12-16-20-28)33(44)30-31-34(45)42(29(25-43)27-17-13-11-14-18-27)32(39(31)22-21-38(30,8)47-39)35(46)41(24-10-2)37(6,7)26-36(3,4)5/h9-20,29-32,43H,1-2,21-26H2,3-8H3/t29-,30+,31+,32?,38-,39?/m1/s1. The summed E-state index contributed by atoms with van der Waals surface area (Å²) in [5, 5.41) is 10.9. The fourth-order valence-corrected chi connectivity index (χ4v) is 11.2. The first kappa shape index (κ1) is 35.0. The second-order valence-corrected chi connectivity index (χ2v) is 17.3. The number of aliphatic hydroxyl groups excluding tert-OH is 1. The van der Waals surface area contributed by atoms with Crippen molar-refractivity contribution in [1.29, 1.82) is 0 Å². The Balaban J connectivity index is 1.67. The van der Waals surface area contributed by atoms with Gasteiger partial charge in [-0.05, 0) is 63.1 Å². The number of amides is 3. The van der Waals surface area contributed by atoms with E-state index in [1.165, 1.54) is 0 Å². The van der Waals surface area contributed by atoms with Gasteiger partial charge >= 0.3 is 0 Å². The number of carbonyl (C=O) groups excluding carboxylic acids is 3. The Bertz CT molecular complexity index is 1510. The van der Waals surface area contributed by atoms with Gasteiger partial charge in [0.25, 0.3) is 0 Å². The molecule has 3 aliphatic heterocycles. The molecule has 8 heteroatoms. The van der Waals surface area contributed by atoms with Crippen LogP contribution < -0.4 is 4.90 Å². The zero-order valence-corrected chi connectivity index (χ0v) is 29.6. The summed E-state index contributed by atoms with van der Waals surface area (Å²) < 4.78 is -1.37. The number of aliphatic hydroxyl groups is 1. The molecule has 0 aromatic heterocycles. The van der Waals surface area contributed by atoms with Crippen LogP contribution in [0.25, 0.3) is 0 Å². The first-order valence-corrected chi connectivity index (χ1v) is 17.6. The second-order valence-electron chi connectivity index (χ2n) is 15.4. The summed E-state index contributed by atoms with van der Waals surface area (Å²) in [6.45, 7) is 20.9. The third-order valence-electron chi connectivity index (χ3n) is 10.3. The van der Waals surface area contributed by atoms with Crippen molar-refractivity contribution in [1.82, 2.24) is 9.80 Å². The van der Waals surface area contributed by atoms with Gasteiger partial charge in [0.15, 0.2) is 0 Å². The lowest BCUT2D eigenvalue weighted by Gasteiger charge is -2.46. The van der Waals surface area contributed by atoms with E-state index in [-0.39, 0.29) is 29.7 Å². The lowest BCUT2D eigenvalue weighted by Crippen LogP contribution is -2.60. The minimum atomic E-state index is -0.870. The van der Waals surface area contributed by atoms with Gasteiger partial charge in [-0.3, -0.25) is 14.4 Å². The third-order valence-corrected chi connectivity index (χ3v) is 12.3. The molecule has 0 saturated carbocycles. The molecule has 3 amide bonds. The summed E-state index contributed by atoms with van der Waals surface area (Å²) in [5.41, 5.74) is 0.886. The molecular weight excluding hydrogens is 607 g/mol. The molecule has 3 saturated heterocycles. The highest BCUT2D eigenvalue weighted by atomic mass is 32.2. The quantitative estimate of drug-likeness (QED) is 0.259. The molecule has 5 rings (SSSR count). The Morgan fingerprint density at radius 3 is 2.13 bits per heavy atom. The molecule has 1 N–H and O–H groups in total. The molecule has 2 unspecified atom stereocenters. The van der Waals surface area contributed by atoms with Gasteiger partial charge < -0.3 is 19.8 Å². The molecule has 0 aliphatic carbocycles. The van der Waals surface area contributed by atoms with Crippen molar-refractivity contribution in [3.63, 3.8) is 0 Å². The van der Waals surface area contributed by atoms with Gasteiger partial charge in [0.05, 0.1) is 29.2 Å². The molecule has 2 aromatic rings. The van der Waals surface area contributed by atoms with E-state index in [1.807, 2.05) is 65.6 Å². The van der Waals surface area contributed by atoms with Crippen LogP contribution in [0, 0.1) is 17.3 Å². The van der Waals surface area contributed by atoms with Gasteiger partial charge in [-0.25, -0.2) is 0 Å². The number of nitrogens with zero attached hydrogens (tertiary/aromatic N) is 3. The van der Waals surface area contributed by atoms with E-state index >= 15 is 9.59 Å². The van der Waals surface area contributed by atoms with E-state index in [4.69, 9.17) is 0 Å². The Labute approximate surface area is 285 Å². The predicted octanol–water partition coefficient (Wildman–Crippen LogP) is 6.65. The van der Waals surface area contributed by atoms with E-state index < -0.39 is 39.0 Å². The number of hydrogen-bond acceptors (Lipinski definition) is 5. The van der Waals surface area contributed by atoms with E-state index in [0.717, 1.165) is 17.7 Å². The Hall–Kier alpha value is -3.36. The molecule has 47 heavy (non-hydrogen) atoms. The molecule has 1 spiro atoms. The van der Waals surface area contributed by atoms with Crippen molar-refractivity contribution < 1.29 is 19.5 Å². The molecule has 2 bridgehead atoms. The number of anilines is 1. The van der Waals surface area contributed by atoms with Crippen molar-refractivity contribution in [3.05, 3.63) is 91.5 Å². The van der Waals surface area contributed by atoms with Crippen LogP contribution in [-0.2, 0) is 14.4 Å². The van der Waals surface area contributed by atoms with Gasteiger partial charge in [0.1, 0.15) is 6.04 Å². The predicted molar refractivity (Wildman–Crippen MR) is 191 cm³/mol. The van der Waals surface area contributed by atoms with Crippen molar-refractivity contribution in [2.45, 2.75) is 87.9 Å². The zero-order chi connectivity index (χ0) is 34.4. The summed E-state index contributed by atoms with van der Waals surface area (Å²) in [5.74, 6) is -1.90. The van der Waals surface area contributed by atoms with Crippen LogP contribution in [0.4, 0.5) is 5.69 Å². The third kappa shape index (κ3) is 6.08. The fraction of sp³-hybridized carbons (Fsp3) is 0.513. The number of likely N-dealkylation sites (tertiary alicyclic amines) is 1. The maximum absolute atomic E-state index is 15.3. The SMILES string of the molecule is C=CCN(C(=O)[C@@H]1[C@H]2C(=O)N([C@H](CO)c3ccccc3)C(C(=O)N(CC=C)C(C)(C)CC(C)(C)C)C23CC[C@@]1(C)S3)c1ccccc1. The number of hydrogen-bond donors (Lipinski definition) is 1. The van der Waals surface area contributed by atoms with E-state index in [0.29, 0.717) is 25.9 Å². The Morgan fingerprint density at radius 2 is 1.57 bits per heavy atom. The minimum absolute atomic E-state index is 0.0650. The number of fused-ring (bicyclic) bond motifs is 1. The largest absolute Gasteiger partial charge is 0.394 e. The average Bonchev–Trinajstić information content (AvgIpc) is 3.59. The number of thioether (sulfide) groups is 1. The summed E-state index contributed by atoms with van der Waals surface area (Å²) in [6, 6.07) is 17.3. The molecule has 3 fully saturated rings. The van der Waals surface area contributed by atoms with Gasteiger partial charge in [0, 0.05) is 29.1 Å². The maximum atomic E-state index is 15.3. The smallest absolute Gasteiger partial charge is 0.247 e. The zero-order valence-electron chi connectivity index (χ0n) is 28.8. The van der Waals surface area contributed by atoms with E-state index in [2.05, 4.69) is 54.7 Å². The highest BCUT2D eigenvalue weighted by molar-refractivity contribution is 8.02. The summed E-state index contributed by atoms with van der Waals surface area (Å²) in [6.07, 6.45) is 5.52. The maximum Gasteiger partial charge on any atom is 0.247 e. The summed E-state index contributed by atoms with van der Waals surface area (Å²) in [4.78, 5) is 50.5. The average molecular weight is 658 g/mol. The van der Waals surface area contributed by atoms with Gasteiger partial charge in [-0.15, -0.1) is 24.9 Å². The van der Waals surface area contributed by atoms with Crippen LogP contribution in [-0.4, -0.2) is 73.4 Å². The van der Waals surface area contributed by atoms with Crippen molar-refractivity contribution >= 4 is 35.2 Å². The summed E-state index contributed by atoms with van der Waals surface area (Å²) >= 11 is 1.65. The van der Waals surface area contributed by atoms with Gasteiger partial charge in [0.2, 0.25) is 17.7 Å². The monoisotopic (exact) mass is 657 g/mol. The van der Waals surface area contributed by atoms with Crippen LogP contribution >= 0.6 is 11.8 Å². The molecule has 3 heterocycles. The number of rotatable bonds is 12. The number of carbonyl (C=O) groups is 3. The first-order valence-electron chi connectivity index (χ1n) is 16.7. The fourth-order valence-electron chi connectivity index (χ4n) is 8.92. The van der Waals surface area contributed by atoms with E-state index in [1.54, 1.807) is 33.7 Å². The number of benzene rings is 2. The van der Waals surface area contributed by atoms with E-state index in [9.17, 15) is 9.90 Å². The first-order chi connectivity index (χ1) is 22.2. The molecule has 7 nitrogen and oxygen atoms in total. The van der Waals surface area contributed by atoms with Crippen molar-refractivity contribution in [2.75, 3.05) is 24.6 Å². The molecule has 252 valence electrons. The van der Waals surface area contributed by atoms with Crippen LogP contribution in [0.1, 0.15) is 72.4 Å². The number of para-hydroxylation sites is 1. The normalized spacial score (nSPS) is 27.3. The van der Waals surface area contributed by atoms with Gasteiger partial charge in [-0.1, -0.05) is 81.5 Å².